The number of amides is 1. The quantitative estimate of drug-likeness (QED) is 0.868. The second kappa shape index (κ2) is 6.52. The number of fused-ring (bicyclic) bond motifs is 1. The van der Waals surface area contributed by atoms with E-state index in [-0.39, 0.29) is 25.4 Å². The van der Waals surface area contributed by atoms with Gasteiger partial charge in [-0.25, -0.2) is 4.31 Å². The van der Waals surface area contributed by atoms with E-state index >= 15 is 0 Å². The molecule has 0 radical (unpaired) electrons. The smallest absolute Gasteiger partial charge is 0.324 e. The van der Waals surface area contributed by atoms with Crippen LogP contribution in [-0.4, -0.2) is 27.4 Å². The molecule has 3 rings (SSSR count). The maximum Gasteiger partial charge on any atom is 0.324 e. The number of hydrogen-bond donors (Lipinski definition) is 2. The van der Waals surface area contributed by atoms with Crippen LogP contribution in [0.15, 0.2) is 48.5 Å². The average molecular weight is 345 g/mol. The van der Waals surface area contributed by atoms with Gasteiger partial charge in [-0.15, -0.1) is 0 Å². The Morgan fingerprint density at radius 3 is 2.62 bits per heavy atom. The summed E-state index contributed by atoms with van der Waals surface area (Å²) in [4.78, 5) is 12.1. The lowest BCUT2D eigenvalue weighted by molar-refractivity contribution is -0.120. The van der Waals surface area contributed by atoms with Crippen LogP contribution in [0, 0.1) is 6.92 Å². The van der Waals surface area contributed by atoms with E-state index in [1.54, 1.807) is 24.3 Å². The molecule has 2 aromatic carbocycles. The summed E-state index contributed by atoms with van der Waals surface area (Å²) in [5, 5.41) is 2.78. The zero-order valence-corrected chi connectivity index (χ0v) is 14.1. The molecule has 6 nitrogen and oxygen atoms in total. The summed E-state index contributed by atoms with van der Waals surface area (Å²) < 4.78 is 28.0. The molecule has 0 fully saturated rings. The van der Waals surface area contributed by atoms with Gasteiger partial charge in [-0.1, -0.05) is 36.4 Å². The van der Waals surface area contributed by atoms with Gasteiger partial charge >= 0.3 is 10.2 Å². The molecule has 1 heterocycles. The second-order valence-corrected chi connectivity index (χ2v) is 7.24. The molecule has 1 aliphatic rings. The molecule has 0 aliphatic carbocycles. The Labute approximate surface area is 141 Å². The zero-order valence-electron chi connectivity index (χ0n) is 13.3. The van der Waals surface area contributed by atoms with E-state index in [0.717, 1.165) is 11.1 Å². The molecule has 7 heteroatoms. The van der Waals surface area contributed by atoms with Gasteiger partial charge in [0, 0.05) is 6.54 Å². The number of rotatable bonds is 5. The van der Waals surface area contributed by atoms with Gasteiger partial charge in [0.15, 0.2) is 0 Å². The Morgan fingerprint density at radius 2 is 1.83 bits per heavy atom. The van der Waals surface area contributed by atoms with Crippen LogP contribution in [0.3, 0.4) is 0 Å². The van der Waals surface area contributed by atoms with Crippen LogP contribution in [0.2, 0.25) is 0 Å². The average Bonchev–Trinajstić information content (AvgIpc) is 2.80. The highest BCUT2D eigenvalue weighted by molar-refractivity contribution is 7.94. The monoisotopic (exact) mass is 345 g/mol. The number of benzene rings is 2. The summed E-state index contributed by atoms with van der Waals surface area (Å²) in [6.45, 7) is 2.40. The summed E-state index contributed by atoms with van der Waals surface area (Å²) in [5.74, 6) is -0.123. The van der Waals surface area contributed by atoms with Crippen molar-refractivity contribution < 1.29 is 13.2 Å². The minimum atomic E-state index is -3.58. The van der Waals surface area contributed by atoms with Gasteiger partial charge in [0.25, 0.3) is 0 Å². The lowest BCUT2D eigenvalue weighted by atomic mass is 10.1. The molecule has 0 aromatic heterocycles. The highest BCUT2D eigenvalue weighted by Gasteiger charge is 2.31. The Hall–Kier alpha value is -2.54. The molecule has 0 atom stereocenters. The van der Waals surface area contributed by atoms with E-state index in [1.807, 2.05) is 31.2 Å². The number of aryl methyl sites for hydroxylation is 1. The van der Waals surface area contributed by atoms with Crippen LogP contribution >= 0.6 is 0 Å². The molecule has 2 aromatic rings. The van der Waals surface area contributed by atoms with Crippen molar-refractivity contribution in [1.29, 1.82) is 0 Å². The van der Waals surface area contributed by atoms with E-state index in [2.05, 4.69) is 10.0 Å². The Morgan fingerprint density at radius 1 is 1.12 bits per heavy atom. The molecule has 126 valence electrons. The topological polar surface area (TPSA) is 78.5 Å². The van der Waals surface area contributed by atoms with Crippen molar-refractivity contribution >= 4 is 27.5 Å². The predicted molar refractivity (Wildman–Crippen MR) is 94.2 cm³/mol. The second-order valence-electron chi connectivity index (χ2n) is 5.65. The Kier molecular flexibility index (Phi) is 4.44. The molecular weight excluding hydrogens is 326 g/mol. The number of anilines is 2. The van der Waals surface area contributed by atoms with Gasteiger partial charge in [0.1, 0.15) is 0 Å². The highest BCUT2D eigenvalue weighted by Crippen LogP contribution is 2.34. The fourth-order valence-corrected chi connectivity index (χ4v) is 3.99. The van der Waals surface area contributed by atoms with Gasteiger partial charge in [-0.2, -0.15) is 8.42 Å². The molecule has 0 saturated carbocycles. The van der Waals surface area contributed by atoms with Crippen molar-refractivity contribution in [3.63, 3.8) is 0 Å². The van der Waals surface area contributed by atoms with E-state index in [9.17, 15) is 13.2 Å². The number of carbonyl (C=O) groups is 1. The fourth-order valence-electron chi connectivity index (χ4n) is 2.68. The first-order valence-corrected chi connectivity index (χ1v) is 9.12. The lowest BCUT2D eigenvalue weighted by Gasteiger charge is -2.17. The van der Waals surface area contributed by atoms with Crippen molar-refractivity contribution in [3.05, 3.63) is 59.7 Å². The van der Waals surface area contributed by atoms with E-state index in [0.29, 0.717) is 11.4 Å². The molecular formula is C17H19N3O3S. The fraction of sp³-hybridized carbons (Fsp3) is 0.235. The lowest BCUT2D eigenvalue weighted by Crippen LogP contribution is -2.38. The van der Waals surface area contributed by atoms with Crippen LogP contribution in [0.25, 0.3) is 0 Å². The van der Waals surface area contributed by atoms with Gasteiger partial charge in [-0.3, -0.25) is 9.52 Å². The van der Waals surface area contributed by atoms with Crippen molar-refractivity contribution in [2.75, 3.05) is 22.1 Å². The molecule has 1 amide bonds. The van der Waals surface area contributed by atoms with E-state index in [4.69, 9.17) is 0 Å². The normalized spacial score (nSPS) is 14.8. The predicted octanol–water partition coefficient (Wildman–Crippen LogP) is 1.83. The maximum atomic E-state index is 12.1. The molecule has 2 N–H and O–H groups in total. The minimum absolute atomic E-state index is 0.123. The van der Waals surface area contributed by atoms with Gasteiger partial charge in [0.2, 0.25) is 5.91 Å². The van der Waals surface area contributed by atoms with Gasteiger partial charge < -0.3 is 5.32 Å². The maximum absolute atomic E-state index is 12.1. The van der Waals surface area contributed by atoms with Crippen molar-refractivity contribution in [2.24, 2.45) is 0 Å². The highest BCUT2D eigenvalue weighted by atomic mass is 32.2. The summed E-state index contributed by atoms with van der Waals surface area (Å²) in [5.41, 5.74) is 3.19. The summed E-state index contributed by atoms with van der Waals surface area (Å²) in [6.07, 6.45) is 0.286. The number of nitrogens with one attached hydrogen (secondary N) is 2. The minimum Gasteiger partial charge on any atom is -0.354 e. The standard InChI is InChI=1S/C17H19N3O3S/c1-13-6-2-3-7-14(13)12-17(21)18-10-11-20-16-9-5-4-8-15(16)19-24(20,22)23/h2-9,19H,10-12H2,1H3,(H,18,21). The number of nitrogens with zero attached hydrogens (tertiary/aromatic N) is 1. The molecule has 0 spiro atoms. The Bertz CT molecular complexity index is 865. The molecule has 0 unspecified atom stereocenters. The van der Waals surface area contributed by atoms with E-state index < -0.39 is 10.2 Å². The molecule has 0 saturated heterocycles. The largest absolute Gasteiger partial charge is 0.354 e. The molecule has 1 aliphatic heterocycles. The van der Waals surface area contributed by atoms with Crippen molar-refractivity contribution in [1.82, 2.24) is 5.32 Å². The van der Waals surface area contributed by atoms with Crippen LogP contribution in [0.4, 0.5) is 11.4 Å². The third kappa shape index (κ3) is 3.35. The third-order valence-corrected chi connectivity index (χ3v) is 5.39. The SMILES string of the molecule is Cc1ccccc1CC(=O)NCCN1c2ccccc2NS1(=O)=O. The summed E-state index contributed by atoms with van der Waals surface area (Å²) >= 11 is 0. The van der Waals surface area contributed by atoms with Crippen molar-refractivity contribution in [2.45, 2.75) is 13.3 Å². The van der Waals surface area contributed by atoms with Crippen LogP contribution in [0.5, 0.6) is 0 Å². The first-order valence-electron chi connectivity index (χ1n) is 7.68. The molecule has 0 bridgehead atoms. The number of carbonyl (C=O) groups excluding carboxylic acids is 1. The first kappa shape index (κ1) is 16.3. The zero-order chi connectivity index (χ0) is 17.2. The first-order chi connectivity index (χ1) is 11.5. The number of hydrogen-bond acceptors (Lipinski definition) is 3. The summed E-state index contributed by atoms with van der Waals surface area (Å²) in [6, 6.07) is 14.7. The van der Waals surface area contributed by atoms with Crippen molar-refractivity contribution in [3.8, 4) is 0 Å². The van der Waals surface area contributed by atoms with Crippen LogP contribution in [0.1, 0.15) is 11.1 Å². The third-order valence-electron chi connectivity index (χ3n) is 3.95. The van der Waals surface area contributed by atoms with Gasteiger partial charge in [0.05, 0.1) is 24.3 Å². The Balaban J connectivity index is 1.58. The van der Waals surface area contributed by atoms with Crippen LogP contribution < -0.4 is 14.3 Å². The molecule has 24 heavy (non-hydrogen) atoms. The number of para-hydroxylation sites is 2. The van der Waals surface area contributed by atoms with Crippen LogP contribution in [-0.2, 0) is 21.4 Å². The van der Waals surface area contributed by atoms with Gasteiger partial charge in [-0.05, 0) is 30.2 Å². The summed E-state index contributed by atoms with van der Waals surface area (Å²) in [7, 11) is -3.58. The van der Waals surface area contributed by atoms with E-state index in [1.165, 1.54) is 4.31 Å².